The quantitative estimate of drug-likeness (QED) is 0.185. The average molecular weight is 547 g/mol. The summed E-state index contributed by atoms with van der Waals surface area (Å²) in [6.45, 7) is 6.67. The van der Waals surface area contributed by atoms with Crippen molar-refractivity contribution in [2.75, 3.05) is 0 Å². The van der Waals surface area contributed by atoms with Crippen molar-refractivity contribution in [1.82, 2.24) is 0 Å². The summed E-state index contributed by atoms with van der Waals surface area (Å²) >= 11 is 0. The van der Waals surface area contributed by atoms with Crippen LogP contribution in [-0.2, 0) is 20.5 Å². The van der Waals surface area contributed by atoms with Crippen molar-refractivity contribution in [2.45, 2.75) is 27.2 Å². The number of benzene rings is 4. The van der Waals surface area contributed by atoms with Gasteiger partial charge in [0.25, 0.3) is 0 Å². The van der Waals surface area contributed by atoms with Gasteiger partial charge >= 0.3 is 0 Å². The van der Waals surface area contributed by atoms with E-state index in [4.69, 9.17) is 0 Å². The molecule has 6 aromatic rings. The number of pyridine rings is 2. The number of rotatable bonds is 6. The van der Waals surface area contributed by atoms with E-state index >= 15 is 0 Å². The second kappa shape index (κ2) is 11.6. The first kappa shape index (κ1) is 27.4. The number of nitrogens with zero attached hydrogens (tertiary/aromatic N) is 2. The smallest absolute Gasteiger partial charge is 0.200 e. The van der Waals surface area contributed by atoms with E-state index in [1.54, 1.807) is 0 Å². The Bertz CT molecular complexity index is 1890. The molecule has 0 saturated carbocycles. The van der Waals surface area contributed by atoms with Gasteiger partial charge in [0.1, 0.15) is 14.1 Å². The van der Waals surface area contributed by atoms with Crippen molar-refractivity contribution >= 4 is 0 Å². The van der Waals surface area contributed by atoms with Gasteiger partial charge in [0.05, 0.1) is 5.56 Å². The molecule has 206 valence electrons. The third-order valence-electron chi connectivity index (χ3n) is 8.30. The third kappa shape index (κ3) is 5.41. The number of hydrogen-bond donors (Lipinski definition) is 0. The fourth-order valence-electron chi connectivity index (χ4n) is 6.30. The predicted molar refractivity (Wildman–Crippen MR) is 174 cm³/mol. The zero-order valence-electron chi connectivity index (χ0n) is 25.2. The Balaban J connectivity index is 1.42. The molecule has 0 spiro atoms. The summed E-state index contributed by atoms with van der Waals surface area (Å²) in [5.74, 6) is 0. The Morgan fingerprint density at radius 1 is 0.476 bits per heavy atom. The number of hydrogen-bond acceptors (Lipinski definition) is 0. The Labute approximate surface area is 250 Å². The van der Waals surface area contributed by atoms with Crippen molar-refractivity contribution in [3.8, 4) is 44.8 Å². The molecule has 0 aliphatic carbocycles. The van der Waals surface area contributed by atoms with Gasteiger partial charge in [0, 0.05) is 28.8 Å². The molecule has 0 amide bonds. The Morgan fingerprint density at radius 3 is 1.83 bits per heavy atom. The van der Waals surface area contributed by atoms with Gasteiger partial charge in [-0.25, -0.2) is 9.13 Å². The highest BCUT2D eigenvalue weighted by Crippen LogP contribution is 2.33. The first-order valence-corrected chi connectivity index (χ1v) is 14.7. The van der Waals surface area contributed by atoms with E-state index in [1.165, 1.54) is 72.6 Å². The van der Waals surface area contributed by atoms with E-state index in [0.29, 0.717) is 0 Å². The van der Waals surface area contributed by atoms with E-state index in [-0.39, 0.29) is 0 Å². The van der Waals surface area contributed by atoms with Crippen molar-refractivity contribution < 1.29 is 9.13 Å². The van der Waals surface area contributed by atoms with Gasteiger partial charge in [-0.15, -0.1) is 0 Å². The van der Waals surface area contributed by atoms with Gasteiger partial charge in [-0.3, -0.25) is 0 Å². The Kier molecular flexibility index (Phi) is 7.54. The molecule has 2 heteroatoms. The lowest BCUT2D eigenvalue weighted by Crippen LogP contribution is -2.32. The lowest BCUT2D eigenvalue weighted by Gasteiger charge is -2.16. The lowest BCUT2D eigenvalue weighted by atomic mass is 9.89. The molecule has 0 unspecified atom stereocenters. The number of aryl methyl sites for hydroxylation is 5. The van der Waals surface area contributed by atoms with Crippen LogP contribution in [0.1, 0.15) is 27.8 Å². The van der Waals surface area contributed by atoms with Crippen LogP contribution in [0, 0.1) is 20.8 Å². The van der Waals surface area contributed by atoms with Gasteiger partial charge in [-0.05, 0) is 72.7 Å². The molecule has 2 heterocycles. The molecule has 6 rings (SSSR count). The summed E-state index contributed by atoms with van der Waals surface area (Å²) in [6, 6.07) is 41.7. The highest BCUT2D eigenvalue weighted by molar-refractivity contribution is 5.73. The summed E-state index contributed by atoms with van der Waals surface area (Å²) in [6.07, 6.45) is 5.38. The maximum Gasteiger partial charge on any atom is 0.212 e. The molecule has 0 saturated heterocycles. The van der Waals surface area contributed by atoms with Gasteiger partial charge in [0.15, 0.2) is 12.4 Å². The fraction of sp³-hybridized carbons (Fsp3) is 0.150. The van der Waals surface area contributed by atoms with Gasteiger partial charge < -0.3 is 0 Å². The molecule has 4 aromatic carbocycles. The highest BCUT2D eigenvalue weighted by Gasteiger charge is 2.22. The molecule has 0 atom stereocenters. The standard InChI is InChI=1S/C40H38N2/c1-28-22-30(3)40(38-21-20-34(26-41(38)4)31-14-8-6-9-15-31)35(23-28)25-33-18-12-13-19-36(33)39-24-29(2)37(27-42(39)5)32-16-10-7-11-17-32/h6-24,26-27H,25H2,1-5H3/q+2. The van der Waals surface area contributed by atoms with Crippen LogP contribution in [0.2, 0.25) is 0 Å². The van der Waals surface area contributed by atoms with Crippen LogP contribution in [0.3, 0.4) is 0 Å². The van der Waals surface area contributed by atoms with Crippen molar-refractivity contribution in [1.29, 1.82) is 0 Å². The molecule has 42 heavy (non-hydrogen) atoms. The zero-order chi connectivity index (χ0) is 29.2. The Hall–Kier alpha value is -4.82. The first-order chi connectivity index (χ1) is 20.4. The topological polar surface area (TPSA) is 7.76 Å². The van der Waals surface area contributed by atoms with Crippen molar-refractivity contribution in [3.05, 3.63) is 155 Å². The van der Waals surface area contributed by atoms with Gasteiger partial charge in [0.2, 0.25) is 11.4 Å². The van der Waals surface area contributed by atoms with Crippen LogP contribution in [0.5, 0.6) is 0 Å². The summed E-state index contributed by atoms with van der Waals surface area (Å²) in [7, 11) is 4.32. The van der Waals surface area contributed by atoms with E-state index in [0.717, 1.165) is 6.42 Å². The highest BCUT2D eigenvalue weighted by atomic mass is 14.9. The molecule has 0 N–H and O–H groups in total. The van der Waals surface area contributed by atoms with Crippen LogP contribution < -0.4 is 9.13 Å². The summed E-state index contributed by atoms with van der Waals surface area (Å²) in [4.78, 5) is 0. The van der Waals surface area contributed by atoms with E-state index in [9.17, 15) is 0 Å². The molecular formula is C40H38N2+2. The summed E-state index contributed by atoms with van der Waals surface area (Å²) in [5.41, 5.74) is 16.6. The van der Waals surface area contributed by atoms with Crippen LogP contribution in [0.4, 0.5) is 0 Å². The van der Waals surface area contributed by atoms with Crippen LogP contribution >= 0.6 is 0 Å². The normalized spacial score (nSPS) is 11.1. The maximum absolute atomic E-state index is 2.37. The van der Waals surface area contributed by atoms with E-state index in [2.05, 4.69) is 172 Å². The molecular weight excluding hydrogens is 508 g/mol. The Morgan fingerprint density at radius 2 is 1.12 bits per heavy atom. The minimum absolute atomic E-state index is 0.855. The molecule has 2 aromatic heterocycles. The summed E-state index contributed by atoms with van der Waals surface area (Å²) < 4.78 is 4.56. The minimum Gasteiger partial charge on any atom is -0.200 e. The first-order valence-electron chi connectivity index (χ1n) is 14.7. The zero-order valence-corrected chi connectivity index (χ0v) is 25.2. The molecule has 0 fully saturated rings. The maximum atomic E-state index is 2.37. The number of aromatic nitrogens is 2. The van der Waals surface area contributed by atoms with Gasteiger partial charge in [-0.2, -0.15) is 0 Å². The second-order valence-electron chi connectivity index (χ2n) is 11.5. The SMILES string of the molecule is Cc1cc(C)c(-c2ccc(-c3ccccc3)c[n+]2C)c(Cc2ccccc2-c2cc(C)c(-c3ccccc3)c[n+]2C)c1. The second-order valence-corrected chi connectivity index (χ2v) is 11.5. The predicted octanol–water partition coefficient (Wildman–Crippen LogP) is 8.52. The largest absolute Gasteiger partial charge is 0.212 e. The van der Waals surface area contributed by atoms with E-state index < -0.39 is 0 Å². The molecule has 0 radical (unpaired) electrons. The van der Waals surface area contributed by atoms with Gasteiger partial charge in [-0.1, -0.05) is 96.6 Å². The monoisotopic (exact) mass is 546 g/mol. The molecule has 0 aliphatic heterocycles. The van der Waals surface area contributed by atoms with Crippen LogP contribution in [-0.4, -0.2) is 0 Å². The fourth-order valence-corrected chi connectivity index (χ4v) is 6.30. The molecule has 0 aliphatic rings. The summed E-state index contributed by atoms with van der Waals surface area (Å²) in [5, 5.41) is 0. The molecule has 2 nitrogen and oxygen atoms in total. The minimum atomic E-state index is 0.855. The van der Waals surface area contributed by atoms with Crippen molar-refractivity contribution in [2.24, 2.45) is 14.1 Å². The van der Waals surface area contributed by atoms with Crippen molar-refractivity contribution in [3.63, 3.8) is 0 Å². The lowest BCUT2D eigenvalue weighted by molar-refractivity contribution is -0.660. The molecule has 0 bridgehead atoms. The van der Waals surface area contributed by atoms with E-state index in [1.807, 2.05) is 0 Å². The average Bonchev–Trinajstić information content (AvgIpc) is 3.00. The van der Waals surface area contributed by atoms with Crippen LogP contribution in [0.25, 0.3) is 44.8 Å². The third-order valence-corrected chi connectivity index (χ3v) is 8.30. The van der Waals surface area contributed by atoms with Crippen LogP contribution in [0.15, 0.2) is 128 Å².